The van der Waals surface area contributed by atoms with Crippen molar-refractivity contribution < 1.29 is 4.42 Å². The van der Waals surface area contributed by atoms with E-state index in [9.17, 15) is 0 Å². The number of hydrogen-bond donors (Lipinski definition) is 0. The monoisotopic (exact) mass is 392 g/mol. The van der Waals surface area contributed by atoms with E-state index in [1.807, 2.05) is 24.4 Å². The third-order valence-electron chi connectivity index (χ3n) is 5.26. The predicted molar refractivity (Wildman–Crippen MR) is 123 cm³/mol. The quantitative estimate of drug-likeness (QED) is 0.323. The Morgan fingerprint density at radius 2 is 1.57 bits per heavy atom. The second kappa shape index (κ2) is 7.10. The van der Waals surface area contributed by atoms with Crippen molar-refractivity contribution in [2.24, 2.45) is 5.41 Å². The van der Waals surface area contributed by atoms with Crippen LogP contribution in [-0.2, 0) is 6.42 Å². The molecule has 0 unspecified atom stereocenters. The molecule has 3 aromatic heterocycles. The summed E-state index contributed by atoms with van der Waals surface area (Å²) < 4.78 is 6.15. The predicted octanol–water partition coefficient (Wildman–Crippen LogP) is 7.30. The van der Waals surface area contributed by atoms with Gasteiger partial charge in [0.15, 0.2) is 0 Å². The molecule has 0 aliphatic rings. The number of nitrogens with zero attached hydrogens (tertiary/aromatic N) is 2. The average Bonchev–Trinajstić information content (AvgIpc) is 3.10. The lowest BCUT2D eigenvalue weighted by Crippen LogP contribution is -2.09. The number of fused-ring (bicyclic) bond motifs is 3. The third-order valence-corrected chi connectivity index (χ3v) is 5.26. The van der Waals surface area contributed by atoms with Gasteiger partial charge in [0.05, 0.1) is 11.4 Å². The van der Waals surface area contributed by atoms with Crippen molar-refractivity contribution in [2.45, 2.75) is 27.2 Å². The van der Waals surface area contributed by atoms with Gasteiger partial charge in [0.25, 0.3) is 0 Å². The molecule has 3 nitrogen and oxygen atoms in total. The van der Waals surface area contributed by atoms with Crippen LogP contribution in [0.1, 0.15) is 26.3 Å². The molecular formula is C27H24N2O. The van der Waals surface area contributed by atoms with Crippen molar-refractivity contribution in [1.29, 1.82) is 0 Å². The molecule has 0 radical (unpaired) electrons. The summed E-state index contributed by atoms with van der Waals surface area (Å²) in [6.45, 7) is 6.76. The van der Waals surface area contributed by atoms with E-state index in [0.29, 0.717) is 5.71 Å². The highest BCUT2D eigenvalue weighted by atomic mass is 16.3. The number of aromatic nitrogens is 2. The van der Waals surface area contributed by atoms with Crippen molar-refractivity contribution >= 4 is 22.1 Å². The molecule has 0 amide bonds. The smallest absolute Gasteiger partial charge is 0.227 e. The minimum atomic E-state index is 0.240. The number of benzene rings is 2. The first-order chi connectivity index (χ1) is 14.5. The number of hydrogen-bond acceptors (Lipinski definition) is 3. The van der Waals surface area contributed by atoms with Gasteiger partial charge in [-0.25, -0.2) is 4.98 Å². The molecule has 0 atom stereocenters. The Labute approximate surface area is 176 Å². The lowest BCUT2D eigenvalue weighted by molar-refractivity contribution is 0.411. The number of pyridine rings is 2. The fourth-order valence-electron chi connectivity index (χ4n) is 3.94. The Balaban J connectivity index is 1.56. The second-order valence-electron chi connectivity index (χ2n) is 9.01. The van der Waals surface area contributed by atoms with Gasteiger partial charge in [0.1, 0.15) is 5.58 Å². The van der Waals surface area contributed by atoms with E-state index in [1.54, 1.807) is 0 Å². The van der Waals surface area contributed by atoms with E-state index in [2.05, 4.69) is 80.4 Å². The maximum Gasteiger partial charge on any atom is 0.227 e. The maximum absolute atomic E-state index is 6.15. The summed E-state index contributed by atoms with van der Waals surface area (Å²) in [5.74, 6) is 0. The number of rotatable bonds is 3. The molecule has 30 heavy (non-hydrogen) atoms. The van der Waals surface area contributed by atoms with Crippen molar-refractivity contribution in [1.82, 2.24) is 9.97 Å². The standard InChI is InChI=1S/C27H24N2O/c1-27(2,3)17-18-13-14-28-24(15-18)20-9-10-21-22-11-12-23(19-7-5-4-6-8-19)29-26(22)30-25(21)16-20/h4-16H,17H2,1-3H3. The molecule has 0 aliphatic carbocycles. The molecule has 0 fully saturated rings. The van der Waals surface area contributed by atoms with Gasteiger partial charge in [-0.2, -0.15) is 0 Å². The van der Waals surface area contributed by atoms with Crippen LogP contribution in [0.25, 0.3) is 44.6 Å². The average molecular weight is 393 g/mol. The van der Waals surface area contributed by atoms with Crippen LogP contribution in [0.4, 0.5) is 0 Å². The molecule has 5 aromatic rings. The molecule has 2 aromatic carbocycles. The van der Waals surface area contributed by atoms with Crippen molar-refractivity contribution in [3.8, 4) is 22.5 Å². The molecule has 0 aliphatic heterocycles. The molecule has 0 N–H and O–H groups in total. The van der Waals surface area contributed by atoms with Crippen molar-refractivity contribution in [3.05, 3.63) is 84.6 Å². The Bertz CT molecular complexity index is 1340. The summed E-state index contributed by atoms with van der Waals surface area (Å²) >= 11 is 0. The van der Waals surface area contributed by atoms with Crippen LogP contribution >= 0.6 is 0 Å². The lowest BCUT2D eigenvalue weighted by Gasteiger charge is -2.18. The topological polar surface area (TPSA) is 38.9 Å². The van der Waals surface area contributed by atoms with Crippen molar-refractivity contribution in [3.63, 3.8) is 0 Å². The van der Waals surface area contributed by atoms with E-state index in [1.165, 1.54) is 5.56 Å². The highest BCUT2D eigenvalue weighted by molar-refractivity contribution is 6.05. The summed E-state index contributed by atoms with van der Waals surface area (Å²) in [5.41, 5.74) is 7.06. The molecule has 5 rings (SSSR count). The largest absolute Gasteiger partial charge is 0.438 e. The highest BCUT2D eigenvalue weighted by Gasteiger charge is 2.14. The summed E-state index contributed by atoms with van der Waals surface area (Å²) in [6, 6.07) is 24.9. The minimum Gasteiger partial charge on any atom is -0.438 e. The third kappa shape index (κ3) is 3.59. The van der Waals surface area contributed by atoms with E-state index in [0.717, 1.165) is 45.3 Å². The van der Waals surface area contributed by atoms with Gasteiger partial charge in [-0.3, -0.25) is 4.98 Å². The fourth-order valence-corrected chi connectivity index (χ4v) is 3.94. The van der Waals surface area contributed by atoms with Crippen molar-refractivity contribution in [2.75, 3.05) is 0 Å². The first-order valence-electron chi connectivity index (χ1n) is 10.3. The van der Waals surface area contributed by atoms with Crippen LogP contribution in [0.15, 0.2) is 83.4 Å². The highest BCUT2D eigenvalue weighted by Crippen LogP contribution is 2.33. The van der Waals surface area contributed by atoms with E-state index < -0.39 is 0 Å². The van der Waals surface area contributed by atoms with Crippen LogP contribution in [0.2, 0.25) is 0 Å². The Morgan fingerprint density at radius 3 is 2.37 bits per heavy atom. The SMILES string of the molecule is CC(C)(C)Cc1ccnc(-c2ccc3c(c2)oc2nc(-c4ccccc4)ccc23)c1. The Hall–Kier alpha value is -3.46. The lowest BCUT2D eigenvalue weighted by atomic mass is 9.88. The number of furan rings is 1. The van der Waals surface area contributed by atoms with Crippen LogP contribution in [0.3, 0.4) is 0 Å². The summed E-state index contributed by atoms with van der Waals surface area (Å²) in [4.78, 5) is 9.35. The summed E-state index contributed by atoms with van der Waals surface area (Å²) in [7, 11) is 0. The van der Waals surface area contributed by atoms with Gasteiger partial charge < -0.3 is 4.42 Å². The van der Waals surface area contributed by atoms with Gasteiger partial charge in [-0.15, -0.1) is 0 Å². The van der Waals surface area contributed by atoms with Gasteiger partial charge >= 0.3 is 0 Å². The Morgan fingerprint density at radius 1 is 0.767 bits per heavy atom. The molecule has 3 heteroatoms. The first kappa shape index (κ1) is 18.6. The summed E-state index contributed by atoms with van der Waals surface area (Å²) in [6.07, 6.45) is 2.91. The molecule has 0 saturated carbocycles. The normalized spacial score (nSPS) is 12.0. The zero-order valence-electron chi connectivity index (χ0n) is 17.5. The fraction of sp³-hybridized carbons (Fsp3) is 0.185. The van der Waals surface area contributed by atoms with Crippen LogP contribution in [-0.4, -0.2) is 9.97 Å². The summed E-state index contributed by atoms with van der Waals surface area (Å²) in [5, 5.41) is 2.11. The van der Waals surface area contributed by atoms with Crippen LogP contribution in [0, 0.1) is 5.41 Å². The molecule has 0 bridgehead atoms. The minimum absolute atomic E-state index is 0.240. The molecule has 0 saturated heterocycles. The van der Waals surface area contributed by atoms with E-state index >= 15 is 0 Å². The Kier molecular flexibility index (Phi) is 4.39. The van der Waals surface area contributed by atoms with Gasteiger partial charge in [0.2, 0.25) is 5.71 Å². The van der Waals surface area contributed by atoms with Crippen LogP contribution < -0.4 is 0 Å². The van der Waals surface area contributed by atoms with Gasteiger partial charge in [-0.1, -0.05) is 57.2 Å². The molecule has 148 valence electrons. The second-order valence-corrected chi connectivity index (χ2v) is 9.01. The zero-order chi connectivity index (χ0) is 20.7. The van der Waals surface area contributed by atoms with Gasteiger partial charge in [0, 0.05) is 28.1 Å². The molecule has 0 spiro atoms. The van der Waals surface area contributed by atoms with Crippen LogP contribution in [0.5, 0.6) is 0 Å². The van der Waals surface area contributed by atoms with E-state index in [4.69, 9.17) is 9.40 Å². The first-order valence-corrected chi connectivity index (χ1v) is 10.3. The van der Waals surface area contributed by atoms with Gasteiger partial charge in [-0.05, 0) is 53.8 Å². The zero-order valence-corrected chi connectivity index (χ0v) is 17.5. The maximum atomic E-state index is 6.15. The van der Waals surface area contributed by atoms with E-state index in [-0.39, 0.29) is 5.41 Å². The molecule has 3 heterocycles. The molecular weight excluding hydrogens is 368 g/mol.